The smallest absolute Gasteiger partial charge is 0.343 e. The number of methoxy groups -OCH3 is 2. The van der Waals surface area contributed by atoms with E-state index in [9.17, 15) is 13.2 Å². The lowest BCUT2D eigenvalue weighted by Gasteiger charge is -2.19. The fourth-order valence-electron chi connectivity index (χ4n) is 3.08. The van der Waals surface area contributed by atoms with E-state index in [0.717, 1.165) is 5.56 Å². The summed E-state index contributed by atoms with van der Waals surface area (Å²) in [6, 6.07) is 19.5. The Morgan fingerprint density at radius 2 is 1.61 bits per heavy atom. The standard InChI is InChI=1S/C24H22N2O6S/c1-26(16-17-7-5-4-6-8-17)33(28,29)23-14-19(10-12-21(23)30-2)24(27)32-20-11-9-18(15-25)13-22(20)31-3/h4-14H,16H2,1-3H3. The highest BCUT2D eigenvalue weighted by Gasteiger charge is 2.27. The van der Waals surface area contributed by atoms with Crippen LogP contribution in [0.2, 0.25) is 0 Å². The van der Waals surface area contributed by atoms with Crippen LogP contribution in [0.5, 0.6) is 17.2 Å². The van der Waals surface area contributed by atoms with Crippen LogP contribution in [-0.4, -0.2) is 40.0 Å². The summed E-state index contributed by atoms with van der Waals surface area (Å²) in [4.78, 5) is 12.6. The molecule has 0 spiro atoms. The highest BCUT2D eigenvalue weighted by atomic mass is 32.2. The van der Waals surface area contributed by atoms with Gasteiger partial charge in [-0.15, -0.1) is 0 Å². The summed E-state index contributed by atoms with van der Waals surface area (Å²) < 4.78 is 43.5. The predicted octanol–water partition coefficient (Wildman–Crippen LogP) is 3.62. The molecule has 0 unspecified atom stereocenters. The summed E-state index contributed by atoms with van der Waals surface area (Å²) in [6.45, 7) is 0.142. The van der Waals surface area contributed by atoms with Crippen molar-refractivity contribution in [2.24, 2.45) is 0 Å². The maximum Gasteiger partial charge on any atom is 0.343 e. The first-order chi connectivity index (χ1) is 15.8. The molecule has 33 heavy (non-hydrogen) atoms. The molecule has 3 rings (SSSR count). The molecule has 0 aromatic heterocycles. The van der Waals surface area contributed by atoms with E-state index >= 15 is 0 Å². The van der Waals surface area contributed by atoms with Crippen LogP contribution in [0.1, 0.15) is 21.5 Å². The number of carbonyl (C=O) groups is 1. The second kappa shape index (κ2) is 10.2. The van der Waals surface area contributed by atoms with Crippen molar-refractivity contribution >= 4 is 16.0 Å². The van der Waals surface area contributed by atoms with Crippen LogP contribution >= 0.6 is 0 Å². The van der Waals surface area contributed by atoms with Gasteiger partial charge < -0.3 is 14.2 Å². The Morgan fingerprint density at radius 3 is 2.24 bits per heavy atom. The average Bonchev–Trinajstić information content (AvgIpc) is 2.84. The molecule has 3 aromatic rings. The molecule has 9 heteroatoms. The monoisotopic (exact) mass is 466 g/mol. The molecule has 0 aliphatic carbocycles. The van der Waals surface area contributed by atoms with Gasteiger partial charge in [0, 0.05) is 19.7 Å². The minimum absolute atomic E-state index is 0.00824. The number of hydrogen-bond donors (Lipinski definition) is 0. The molecule has 0 saturated carbocycles. The van der Waals surface area contributed by atoms with E-state index in [4.69, 9.17) is 19.5 Å². The van der Waals surface area contributed by atoms with E-state index in [-0.39, 0.29) is 34.3 Å². The third-order valence-electron chi connectivity index (χ3n) is 4.83. The van der Waals surface area contributed by atoms with Gasteiger partial charge in [0.25, 0.3) is 0 Å². The van der Waals surface area contributed by atoms with Gasteiger partial charge in [-0.1, -0.05) is 30.3 Å². The molecule has 8 nitrogen and oxygen atoms in total. The van der Waals surface area contributed by atoms with Gasteiger partial charge in [-0.25, -0.2) is 13.2 Å². The number of benzene rings is 3. The third kappa shape index (κ3) is 5.31. The molecular weight excluding hydrogens is 444 g/mol. The Labute approximate surface area is 192 Å². The first-order valence-electron chi connectivity index (χ1n) is 9.78. The van der Waals surface area contributed by atoms with E-state index < -0.39 is 16.0 Å². The van der Waals surface area contributed by atoms with Crippen molar-refractivity contribution in [2.75, 3.05) is 21.3 Å². The zero-order valence-electron chi connectivity index (χ0n) is 18.3. The van der Waals surface area contributed by atoms with Crippen molar-refractivity contribution in [3.05, 3.63) is 83.4 Å². The van der Waals surface area contributed by atoms with Crippen LogP contribution in [0, 0.1) is 11.3 Å². The van der Waals surface area contributed by atoms with Crippen LogP contribution < -0.4 is 14.2 Å². The van der Waals surface area contributed by atoms with E-state index in [1.54, 1.807) is 0 Å². The fourth-order valence-corrected chi connectivity index (χ4v) is 4.42. The number of rotatable bonds is 8. The third-order valence-corrected chi connectivity index (χ3v) is 6.66. The summed E-state index contributed by atoms with van der Waals surface area (Å²) >= 11 is 0. The summed E-state index contributed by atoms with van der Waals surface area (Å²) in [6.07, 6.45) is 0. The van der Waals surface area contributed by atoms with Gasteiger partial charge >= 0.3 is 5.97 Å². The number of sulfonamides is 1. The van der Waals surface area contributed by atoms with Gasteiger partial charge in [0.1, 0.15) is 10.6 Å². The lowest BCUT2D eigenvalue weighted by atomic mass is 10.2. The first kappa shape index (κ1) is 23.8. The van der Waals surface area contributed by atoms with E-state index in [1.165, 1.54) is 62.0 Å². The molecule has 0 atom stereocenters. The Kier molecular flexibility index (Phi) is 7.33. The quantitative estimate of drug-likeness (QED) is 0.369. The Morgan fingerprint density at radius 1 is 0.939 bits per heavy atom. The lowest BCUT2D eigenvalue weighted by molar-refractivity contribution is 0.0729. The van der Waals surface area contributed by atoms with Crippen LogP contribution in [0.25, 0.3) is 0 Å². The summed E-state index contributed by atoms with van der Waals surface area (Å²) in [5.74, 6) is -0.389. The lowest BCUT2D eigenvalue weighted by Crippen LogP contribution is -2.27. The molecule has 0 heterocycles. The van der Waals surface area contributed by atoms with Gasteiger partial charge in [0.05, 0.1) is 31.4 Å². The van der Waals surface area contributed by atoms with Gasteiger partial charge in [0.15, 0.2) is 11.5 Å². The van der Waals surface area contributed by atoms with Crippen molar-refractivity contribution < 1.29 is 27.4 Å². The van der Waals surface area contributed by atoms with Crippen molar-refractivity contribution in [3.8, 4) is 23.3 Å². The van der Waals surface area contributed by atoms with Crippen molar-refractivity contribution in [1.29, 1.82) is 5.26 Å². The zero-order valence-corrected chi connectivity index (χ0v) is 19.1. The Balaban J connectivity index is 1.92. The maximum atomic E-state index is 13.3. The molecule has 0 radical (unpaired) electrons. The summed E-state index contributed by atoms with van der Waals surface area (Å²) in [7, 11) is 0.198. The number of hydrogen-bond acceptors (Lipinski definition) is 7. The molecule has 0 aliphatic rings. The topological polar surface area (TPSA) is 106 Å². The molecule has 0 saturated heterocycles. The fraction of sp³-hybridized carbons (Fsp3) is 0.167. The van der Waals surface area contributed by atoms with E-state index in [1.807, 2.05) is 36.4 Å². The number of carbonyl (C=O) groups excluding carboxylic acids is 1. The van der Waals surface area contributed by atoms with Crippen LogP contribution in [-0.2, 0) is 16.6 Å². The van der Waals surface area contributed by atoms with Crippen LogP contribution in [0.15, 0.2) is 71.6 Å². The largest absolute Gasteiger partial charge is 0.495 e. The van der Waals surface area contributed by atoms with Crippen molar-refractivity contribution in [1.82, 2.24) is 4.31 Å². The molecule has 0 aliphatic heterocycles. The van der Waals surface area contributed by atoms with Crippen LogP contribution in [0.3, 0.4) is 0 Å². The Hall–Kier alpha value is -3.87. The first-order valence-corrected chi connectivity index (χ1v) is 11.2. The van der Waals surface area contributed by atoms with E-state index in [0.29, 0.717) is 5.56 Å². The number of nitriles is 1. The van der Waals surface area contributed by atoms with Gasteiger partial charge in [-0.3, -0.25) is 0 Å². The Bertz CT molecular complexity index is 1300. The highest BCUT2D eigenvalue weighted by molar-refractivity contribution is 7.89. The summed E-state index contributed by atoms with van der Waals surface area (Å²) in [5, 5.41) is 9.02. The van der Waals surface area contributed by atoms with Crippen LogP contribution in [0.4, 0.5) is 0 Å². The van der Waals surface area contributed by atoms with Gasteiger partial charge in [-0.05, 0) is 35.9 Å². The number of ether oxygens (including phenoxy) is 3. The maximum absolute atomic E-state index is 13.3. The second-order valence-electron chi connectivity index (χ2n) is 6.98. The SMILES string of the molecule is COc1cc(C#N)ccc1OC(=O)c1ccc(OC)c(S(=O)(=O)N(C)Cc2ccccc2)c1. The van der Waals surface area contributed by atoms with Crippen molar-refractivity contribution in [2.45, 2.75) is 11.4 Å². The van der Waals surface area contributed by atoms with Gasteiger partial charge in [0.2, 0.25) is 10.0 Å². The van der Waals surface area contributed by atoms with Crippen molar-refractivity contribution in [3.63, 3.8) is 0 Å². The minimum atomic E-state index is -3.99. The minimum Gasteiger partial charge on any atom is -0.495 e. The molecule has 3 aromatic carbocycles. The molecule has 0 fully saturated rings. The predicted molar refractivity (Wildman–Crippen MR) is 121 cm³/mol. The normalized spacial score (nSPS) is 11.0. The number of nitrogens with zero attached hydrogens (tertiary/aromatic N) is 2. The highest BCUT2D eigenvalue weighted by Crippen LogP contribution is 2.31. The van der Waals surface area contributed by atoms with Gasteiger partial charge in [-0.2, -0.15) is 9.57 Å². The molecular formula is C24H22N2O6S. The molecule has 0 N–H and O–H groups in total. The molecule has 0 amide bonds. The second-order valence-corrected chi connectivity index (χ2v) is 8.99. The van der Waals surface area contributed by atoms with E-state index in [2.05, 4.69) is 0 Å². The number of esters is 1. The zero-order chi connectivity index (χ0) is 24.0. The molecule has 170 valence electrons. The molecule has 0 bridgehead atoms. The average molecular weight is 467 g/mol. The summed E-state index contributed by atoms with van der Waals surface area (Å²) in [5.41, 5.74) is 1.16.